The normalized spacial score (nSPS) is 17.1. The molecule has 1 saturated heterocycles. The predicted octanol–water partition coefficient (Wildman–Crippen LogP) is 5.16. The van der Waals surface area contributed by atoms with Gasteiger partial charge in [0.1, 0.15) is 0 Å². The number of thioether (sulfide) groups is 1. The molecule has 1 aromatic heterocycles. The molecule has 0 aliphatic carbocycles. The van der Waals surface area contributed by atoms with Gasteiger partial charge >= 0.3 is 0 Å². The first kappa shape index (κ1) is 20.7. The van der Waals surface area contributed by atoms with E-state index in [0.717, 1.165) is 53.7 Å². The van der Waals surface area contributed by atoms with Crippen molar-refractivity contribution in [2.75, 3.05) is 11.9 Å². The van der Waals surface area contributed by atoms with Gasteiger partial charge in [0.2, 0.25) is 5.91 Å². The summed E-state index contributed by atoms with van der Waals surface area (Å²) in [5.74, 6) is -0.0291. The van der Waals surface area contributed by atoms with E-state index < -0.39 is 0 Å². The number of hydrogen-bond acceptors (Lipinski definition) is 4. The van der Waals surface area contributed by atoms with Crippen LogP contribution in [0.4, 0.5) is 5.69 Å². The van der Waals surface area contributed by atoms with E-state index in [0.29, 0.717) is 0 Å². The summed E-state index contributed by atoms with van der Waals surface area (Å²) in [4.78, 5) is 17.4. The van der Waals surface area contributed by atoms with E-state index in [-0.39, 0.29) is 17.3 Å². The molecule has 30 heavy (non-hydrogen) atoms. The van der Waals surface area contributed by atoms with Crippen molar-refractivity contribution in [3.05, 3.63) is 66.4 Å². The fourth-order valence-corrected chi connectivity index (χ4v) is 4.53. The Hall–Kier alpha value is -2.57. The van der Waals surface area contributed by atoms with Gasteiger partial charge < -0.3 is 14.6 Å². The second-order valence-corrected chi connectivity index (χ2v) is 8.96. The van der Waals surface area contributed by atoms with Crippen molar-refractivity contribution in [3.63, 3.8) is 0 Å². The molecule has 4 rings (SSSR count). The van der Waals surface area contributed by atoms with Crippen molar-refractivity contribution in [3.8, 4) is 11.3 Å². The zero-order valence-corrected chi connectivity index (χ0v) is 18.2. The summed E-state index contributed by atoms with van der Waals surface area (Å²) in [6, 6.07) is 18.1. The number of anilines is 1. The lowest BCUT2D eigenvalue weighted by Crippen LogP contribution is -2.23. The average Bonchev–Trinajstić information content (AvgIpc) is 3.39. The van der Waals surface area contributed by atoms with Crippen LogP contribution >= 0.6 is 11.8 Å². The maximum Gasteiger partial charge on any atom is 0.237 e. The molecule has 0 saturated carbocycles. The molecule has 156 valence electrons. The molecular weight excluding hydrogens is 394 g/mol. The van der Waals surface area contributed by atoms with E-state index in [2.05, 4.69) is 27.0 Å². The van der Waals surface area contributed by atoms with Gasteiger partial charge in [-0.2, -0.15) is 0 Å². The molecule has 1 N–H and O–H groups in total. The highest BCUT2D eigenvalue weighted by Gasteiger charge is 2.23. The number of carbonyl (C=O) groups is 1. The quantitative estimate of drug-likeness (QED) is 0.536. The van der Waals surface area contributed by atoms with E-state index in [1.165, 1.54) is 11.8 Å². The van der Waals surface area contributed by atoms with Gasteiger partial charge in [-0.1, -0.05) is 54.2 Å². The fraction of sp³-hybridized carbons (Fsp3) is 0.333. The van der Waals surface area contributed by atoms with Crippen LogP contribution in [-0.2, 0) is 16.1 Å². The van der Waals surface area contributed by atoms with Gasteiger partial charge in [-0.25, -0.2) is 4.98 Å². The van der Waals surface area contributed by atoms with Crippen molar-refractivity contribution in [1.82, 2.24) is 9.55 Å². The number of benzene rings is 2. The van der Waals surface area contributed by atoms with Crippen molar-refractivity contribution < 1.29 is 9.53 Å². The molecule has 0 spiro atoms. The molecule has 5 nitrogen and oxygen atoms in total. The average molecular weight is 422 g/mol. The summed E-state index contributed by atoms with van der Waals surface area (Å²) < 4.78 is 8.08. The zero-order valence-electron chi connectivity index (χ0n) is 17.4. The highest BCUT2D eigenvalue weighted by molar-refractivity contribution is 8.00. The summed E-state index contributed by atoms with van der Waals surface area (Å²) in [5, 5.41) is 3.58. The number of aryl methyl sites for hydroxylation is 1. The maximum absolute atomic E-state index is 12.8. The first-order valence-corrected chi connectivity index (χ1v) is 11.2. The van der Waals surface area contributed by atoms with E-state index in [1.54, 1.807) is 0 Å². The number of rotatable bonds is 7. The second-order valence-electron chi connectivity index (χ2n) is 7.66. The predicted molar refractivity (Wildman–Crippen MR) is 122 cm³/mol. The molecule has 2 unspecified atom stereocenters. The van der Waals surface area contributed by atoms with Gasteiger partial charge in [-0.15, -0.1) is 0 Å². The van der Waals surface area contributed by atoms with Crippen molar-refractivity contribution in [2.24, 2.45) is 0 Å². The van der Waals surface area contributed by atoms with E-state index >= 15 is 0 Å². The molecule has 6 heteroatoms. The number of nitrogens with one attached hydrogen (secondary N) is 1. The first-order chi connectivity index (χ1) is 14.6. The highest BCUT2D eigenvalue weighted by atomic mass is 32.2. The Morgan fingerprint density at radius 3 is 2.83 bits per heavy atom. The molecule has 1 aliphatic rings. The van der Waals surface area contributed by atoms with E-state index in [1.807, 2.05) is 62.5 Å². The lowest BCUT2D eigenvalue weighted by atomic mass is 10.1. The third kappa shape index (κ3) is 4.94. The molecule has 2 aromatic carbocycles. The Morgan fingerprint density at radius 1 is 1.27 bits per heavy atom. The molecule has 1 fully saturated rings. The van der Waals surface area contributed by atoms with Crippen LogP contribution in [0.2, 0.25) is 0 Å². The van der Waals surface area contributed by atoms with Gasteiger partial charge in [-0.05, 0) is 49.9 Å². The number of amides is 1. The highest BCUT2D eigenvalue weighted by Crippen LogP contribution is 2.30. The Balaban J connectivity index is 1.53. The fourth-order valence-electron chi connectivity index (χ4n) is 3.64. The van der Waals surface area contributed by atoms with E-state index in [4.69, 9.17) is 4.74 Å². The minimum atomic E-state index is -0.278. The molecule has 0 radical (unpaired) electrons. The van der Waals surface area contributed by atoms with Gasteiger partial charge in [-0.3, -0.25) is 4.79 Å². The maximum atomic E-state index is 12.8. The summed E-state index contributed by atoms with van der Waals surface area (Å²) in [5.41, 5.74) is 4.11. The number of hydrogen-bond donors (Lipinski definition) is 1. The van der Waals surface area contributed by atoms with E-state index in [9.17, 15) is 4.79 Å². The van der Waals surface area contributed by atoms with Crippen LogP contribution in [0.3, 0.4) is 0 Å². The Morgan fingerprint density at radius 2 is 2.10 bits per heavy atom. The standard InChI is InChI=1S/C24H27N3O2S/c1-17-8-6-11-20(14-17)26-23(28)18(2)30-24-25-15-22(19-9-4-3-5-10-19)27(24)16-21-12-7-13-29-21/h3-6,8-11,14-15,18,21H,7,12-13,16H2,1-2H3,(H,26,28). The SMILES string of the molecule is Cc1cccc(NC(=O)C(C)Sc2ncc(-c3ccccc3)n2CC2CCCO2)c1. The largest absolute Gasteiger partial charge is 0.376 e. The molecule has 1 aliphatic heterocycles. The Labute approximate surface area is 181 Å². The number of aromatic nitrogens is 2. The molecule has 2 heterocycles. The minimum Gasteiger partial charge on any atom is -0.376 e. The number of nitrogens with zero attached hydrogens (tertiary/aromatic N) is 2. The van der Waals surface area contributed by atoms with Crippen molar-refractivity contribution in [2.45, 2.75) is 49.7 Å². The molecule has 2 atom stereocenters. The molecular formula is C24H27N3O2S. The summed E-state index contributed by atoms with van der Waals surface area (Å²) in [7, 11) is 0. The Kier molecular flexibility index (Phi) is 6.55. The van der Waals surface area contributed by atoms with Crippen LogP contribution in [-0.4, -0.2) is 33.4 Å². The number of carbonyl (C=O) groups excluding carboxylic acids is 1. The molecule has 1 amide bonds. The van der Waals surface area contributed by atoms with Crippen LogP contribution in [0.5, 0.6) is 0 Å². The van der Waals surface area contributed by atoms with Crippen LogP contribution in [0.1, 0.15) is 25.3 Å². The van der Waals surface area contributed by atoms with Gasteiger partial charge in [0.05, 0.1) is 29.8 Å². The monoisotopic (exact) mass is 421 g/mol. The first-order valence-electron chi connectivity index (χ1n) is 10.4. The van der Waals surface area contributed by atoms with Crippen LogP contribution in [0.15, 0.2) is 66.0 Å². The summed E-state index contributed by atoms with van der Waals surface area (Å²) in [6.45, 7) is 5.50. The summed E-state index contributed by atoms with van der Waals surface area (Å²) in [6.07, 6.45) is 4.24. The van der Waals surface area contributed by atoms with Gasteiger partial charge in [0, 0.05) is 12.3 Å². The van der Waals surface area contributed by atoms with Crippen LogP contribution in [0, 0.1) is 6.92 Å². The number of ether oxygens (including phenoxy) is 1. The van der Waals surface area contributed by atoms with Gasteiger partial charge in [0.15, 0.2) is 5.16 Å². The third-order valence-corrected chi connectivity index (χ3v) is 6.34. The van der Waals surface area contributed by atoms with Crippen LogP contribution in [0.25, 0.3) is 11.3 Å². The Bertz CT molecular complexity index is 997. The number of imidazole rings is 1. The lowest BCUT2D eigenvalue weighted by Gasteiger charge is -2.18. The second kappa shape index (κ2) is 9.49. The van der Waals surface area contributed by atoms with Crippen molar-refractivity contribution >= 4 is 23.4 Å². The van der Waals surface area contributed by atoms with Crippen LogP contribution < -0.4 is 5.32 Å². The summed E-state index contributed by atoms with van der Waals surface area (Å²) >= 11 is 1.48. The molecule has 0 bridgehead atoms. The smallest absolute Gasteiger partial charge is 0.237 e. The third-order valence-electron chi connectivity index (χ3n) is 5.24. The minimum absolute atomic E-state index is 0.0291. The van der Waals surface area contributed by atoms with Gasteiger partial charge in [0.25, 0.3) is 0 Å². The molecule has 3 aromatic rings. The van der Waals surface area contributed by atoms with Crippen molar-refractivity contribution in [1.29, 1.82) is 0 Å². The zero-order chi connectivity index (χ0) is 20.9. The lowest BCUT2D eigenvalue weighted by molar-refractivity contribution is -0.115. The topological polar surface area (TPSA) is 56.2 Å².